The molecule has 0 amide bonds. The monoisotopic (exact) mass is 187 g/mol. The van der Waals surface area contributed by atoms with Gasteiger partial charge >= 0.3 is 0 Å². The third-order valence-electron chi connectivity index (χ3n) is 2.77. The molecule has 0 fully saturated rings. The fraction of sp³-hybridized carbons (Fsp3) is 0.385. The number of hydrogen-bond donors (Lipinski definition) is 0. The standard InChI is InChI=1S/C13H17N/c1-14-11-7-3-2-4-8-12-9-5-6-10-13(12)14/h2,4-6,9-10H,3,7-8,11H2,1H3/b4-2-. The van der Waals surface area contributed by atoms with Gasteiger partial charge in [0.1, 0.15) is 0 Å². The summed E-state index contributed by atoms with van der Waals surface area (Å²) in [6.07, 6.45) is 8.12. The van der Waals surface area contributed by atoms with Gasteiger partial charge in [0, 0.05) is 19.3 Å². The zero-order valence-corrected chi connectivity index (χ0v) is 8.74. The molecular weight excluding hydrogens is 170 g/mol. The van der Waals surface area contributed by atoms with Gasteiger partial charge in [-0.1, -0.05) is 30.4 Å². The molecule has 0 spiro atoms. The Hall–Kier alpha value is -1.24. The minimum absolute atomic E-state index is 1.07. The van der Waals surface area contributed by atoms with Gasteiger partial charge in [-0.2, -0.15) is 0 Å². The Labute approximate surface area is 86.1 Å². The summed E-state index contributed by atoms with van der Waals surface area (Å²) in [5.74, 6) is 0. The minimum Gasteiger partial charge on any atom is -0.374 e. The summed E-state index contributed by atoms with van der Waals surface area (Å²) in [5.41, 5.74) is 2.83. The van der Waals surface area contributed by atoms with Crippen LogP contribution in [-0.4, -0.2) is 13.6 Å². The number of nitrogens with zero attached hydrogens (tertiary/aromatic N) is 1. The van der Waals surface area contributed by atoms with Crippen LogP contribution < -0.4 is 4.90 Å². The van der Waals surface area contributed by atoms with E-state index in [1.807, 2.05) is 0 Å². The molecule has 0 saturated carbocycles. The lowest BCUT2D eigenvalue weighted by atomic mass is 10.1. The number of hydrogen-bond acceptors (Lipinski definition) is 1. The van der Waals surface area contributed by atoms with Crippen LogP contribution in [0.3, 0.4) is 0 Å². The number of benzene rings is 1. The molecule has 14 heavy (non-hydrogen) atoms. The molecule has 0 aliphatic carbocycles. The minimum atomic E-state index is 1.07. The second-order valence-electron chi connectivity index (χ2n) is 3.87. The normalized spacial score (nSPS) is 19.1. The highest BCUT2D eigenvalue weighted by Gasteiger charge is 2.06. The number of rotatable bonds is 0. The SMILES string of the molecule is CN1CCC/C=C\Cc2ccccc21. The maximum Gasteiger partial charge on any atom is 0.0399 e. The molecule has 74 valence electrons. The molecule has 1 aromatic carbocycles. The van der Waals surface area contributed by atoms with Gasteiger partial charge in [0.15, 0.2) is 0 Å². The first kappa shape index (κ1) is 9.32. The van der Waals surface area contributed by atoms with Gasteiger partial charge in [0.05, 0.1) is 0 Å². The van der Waals surface area contributed by atoms with Gasteiger partial charge in [-0.15, -0.1) is 0 Å². The van der Waals surface area contributed by atoms with Crippen LogP contribution in [0.25, 0.3) is 0 Å². The molecule has 1 aromatic rings. The van der Waals surface area contributed by atoms with Gasteiger partial charge in [-0.05, 0) is 30.9 Å². The van der Waals surface area contributed by atoms with Crippen molar-refractivity contribution >= 4 is 5.69 Å². The Balaban J connectivity index is 2.33. The summed E-state index contributed by atoms with van der Waals surface area (Å²) in [4.78, 5) is 2.36. The molecule has 0 radical (unpaired) electrons. The number of fused-ring (bicyclic) bond motifs is 1. The largest absolute Gasteiger partial charge is 0.374 e. The van der Waals surface area contributed by atoms with Gasteiger partial charge in [0.2, 0.25) is 0 Å². The molecule has 0 bridgehead atoms. The summed E-state index contributed by atoms with van der Waals surface area (Å²) in [6.45, 7) is 1.15. The lowest BCUT2D eigenvalue weighted by Crippen LogP contribution is -2.19. The first-order valence-corrected chi connectivity index (χ1v) is 5.32. The zero-order valence-electron chi connectivity index (χ0n) is 8.74. The molecule has 1 heterocycles. The van der Waals surface area contributed by atoms with Crippen molar-refractivity contribution in [3.8, 4) is 0 Å². The van der Waals surface area contributed by atoms with Crippen molar-refractivity contribution in [2.45, 2.75) is 19.3 Å². The van der Waals surface area contributed by atoms with Crippen molar-refractivity contribution < 1.29 is 0 Å². The summed E-state index contributed by atoms with van der Waals surface area (Å²) >= 11 is 0. The fourth-order valence-electron chi connectivity index (χ4n) is 1.95. The van der Waals surface area contributed by atoms with Crippen molar-refractivity contribution in [1.82, 2.24) is 0 Å². The number of allylic oxidation sites excluding steroid dienone is 2. The van der Waals surface area contributed by atoms with Crippen LogP contribution in [0, 0.1) is 0 Å². The van der Waals surface area contributed by atoms with E-state index in [9.17, 15) is 0 Å². The Kier molecular flexibility index (Phi) is 2.87. The molecule has 0 aromatic heterocycles. The van der Waals surface area contributed by atoms with Crippen LogP contribution in [0.4, 0.5) is 5.69 Å². The van der Waals surface area contributed by atoms with Gasteiger partial charge < -0.3 is 4.90 Å². The summed E-state index contributed by atoms with van der Waals surface area (Å²) < 4.78 is 0. The van der Waals surface area contributed by atoms with E-state index in [0.717, 1.165) is 13.0 Å². The van der Waals surface area contributed by atoms with Crippen LogP contribution in [0.2, 0.25) is 0 Å². The van der Waals surface area contributed by atoms with Crippen LogP contribution >= 0.6 is 0 Å². The summed E-state index contributed by atoms with van der Waals surface area (Å²) in [7, 11) is 2.18. The first-order valence-electron chi connectivity index (χ1n) is 5.32. The van der Waals surface area contributed by atoms with E-state index in [1.54, 1.807) is 0 Å². The maximum absolute atomic E-state index is 2.36. The Morgan fingerprint density at radius 1 is 1.14 bits per heavy atom. The molecule has 1 heteroatoms. The maximum atomic E-state index is 2.36. The lowest BCUT2D eigenvalue weighted by Gasteiger charge is -2.21. The van der Waals surface area contributed by atoms with Crippen LogP contribution in [-0.2, 0) is 6.42 Å². The molecule has 1 nitrogen and oxygen atoms in total. The number of para-hydroxylation sites is 1. The topological polar surface area (TPSA) is 3.24 Å². The smallest absolute Gasteiger partial charge is 0.0399 e. The van der Waals surface area contributed by atoms with Crippen molar-refractivity contribution in [3.05, 3.63) is 42.0 Å². The van der Waals surface area contributed by atoms with Gasteiger partial charge in [0.25, 0.3) is 0 Å². The molecular formula is C13H17N. The highest BCUT2D eigenvalue weighted by atomic mass is 15.1. The zero-order chi connectivity index (χ0) is 9.80. The lowest BCUT2D eigenvalue weighted by molar-refractivity contribution is 0.802. The Morgan fingerprint density at radius 2 is 2.00 bits per heavy atom. The molecule has 0 unspecified atom stereocenters. The summed E-state index contributed by atoms with van der Waals surface area (Å²) in [6, 6.07) is 8.69. The molecule has 0 N–H and O–H groups in total. The van der Waals surface area contributed by atoms with E-state index >= 15 is 0 Å². The van der Waals surface area contributed by atoms with E-state index in [4.69, 9.17) is 0 Å². The van der Waals surface area contributed by atoms with Crippen LogP contribution in [0.15, 0.2) is 36.4 Å². The van der Waals surface area contributed by atoms with E-state index in [1.165, 1.54) is 24.1 Å². The van der Waals surface area contributed by atoms with E-state index in [0.29, 0.717) is 0 Å². The van der Waals surface area contributed by atoms with Crippen LogP contribution in [0.1, 0.15) is 18.4 Å². The molecule has 0 saturated heterocycles. The predicted molar refractivity (Wildman–Crippen MR) is 61.8 cm³/mol. The summed E-state index contributed by atoms with van der Waals surface area (Å²) in [5, 5.41) is 0. The average Bonchev–Trinajstić information content (AvgIpc) is 2.30. The number of anilines is 1. The van der Waals surface area contributed by atoms with Gasteiger partial charge in [-0.25, -0.2) is 0 Å². The molecule has 1 aliphatic heterocycles. The van der Waals surface area contributed by atoms with E-state index < -0.39 is 0 Å². The first-order chi connectivity index (χ1) is 6.88. The molecule has 0 atom stereocenters. The van der Waals surface area contributed by atoms with Crippen molar-refractivity contribution in [3.63, 3.8) is 0 Å². The third kappa shape index (κ3) is 1.98. The van der Waals surface area contributed by atoms with E-state index in [-0.39, 0.29) is 0 Å². The van der Waals surface area contributed by atoms with Crippen molar-refractivity contribution in [2.75, 3.05) is 18.5 Å². The van der Waals surface area contributed by atoms with Crippen molar-refractivity contribution in [1.29, 1.82) is 0 Å². The Morgan fingerprint density at radius 3 is 2.93 bits per heavy atom. The second-order valence-corrected chi connectivity index (χ2v) is 3.87. The van der Waals surface area contributed by atoms with E-state index in [2.05, 4.69) is 48.4 Å². The average molecular weight is 187 g/mol. The fourth-order valence-corrected chi connectivity index (χ4v) is 1.95. The van der Waals surface area contributed by atoms with Gasteiger partial charge in [-0.3, -0.25) is 0 Å². The second kappa shape index (κ2) is 4.32. The Bertz CT molecular complexity index is 328. The third-order valence-corrected chi connectivity index (χ3v) is 2.77. The highest BCUT2D eigenvalue weighted by molar-refractivity contribution is 5.53. The quantitative estimate of drug-likeness (QED) is 0.564. The molecule has 1 aliphatic rings. The predicted octanol–water partition coefficient (Wildman–Crippen LogP) is 3.02. The highest BCUT2D eigenvalue weighted by Crippen LogP contribution is 2.21. The molecule has 2 rings (SSSR count). The van der Waals surface area contributed by atoms with Crippen LogP contribution in [0.5, 0.6) is 0 Å². The van der Waals surface area contributed by atoms with Crippen molar-refractivity contribution in [2.24, 2.45) is 0 Å².